The van der Waals surface area contributed by atoms with Gasteiger partial charge in [0.1, 0.15) is 0 Å². The molecule has 0 fully saturated rings. The predicted molar refractivity (Wildman–Crippen MR) is 33.6 cm³/mol. The van der Waals surface area contributed by atoms with Gasteiger partial charge in [0.15, 0.2) is 5.78 Å². The molecule has 1 heteroatoms. The van der Waals surface area contributed by atoms with Crippen molar-refractivity contribution < 1.29 is 4.79 Å². The molecule has 0 unspecified atom stereocenters. The van der Waals surface area contributed by atoms with Gasteiger partial charge < -0.3 is 0 Å². The Kier molecular flexibility index (Phi) is 2.90. The molecule has 44 valence electrons. The summed E-state index contributed by atoms with van der Waals surface area (Å²) in [5, 5.41) is 0. The minimum absolute atomic E-state index is 0.0474. The van der Waals surface area contributed by atoms with Crippen molar-refractivity contribution in [1.29, 1.82) is 0 Å². The molecule has 0 heterocycles. The second-order valence-electron chi connectivity index (χ2n) is 1.90. The molecule has 0 aliphatic carbocycles. The molecular weight excluding hydrogens is 100 g/mol. The van der Waals surface area contributed by atoms with E-state index >= 15 is 0 Å². The molecule has 0 saturated carbocycles. The number of carbonyl (C=O) groups is 1. The van der Waals surface area contributed by atoms with Crippen molar-refractivity contribution in [2.75, 3.05) is 0 Å². The van der Waals surface area contributed by atoms with Gasteiger partial charge >= 0.3 is 0 Å². The highest BCUT2D eigenvalue weighted by Crippen LogP contribution is 1.82. The van der Waals surface area contributed by atoms with Crippen LogP contribution in [-0.4, -0.2) is 5.78 Å². The molecule has 8 heavy (non-hydrogen) atoms. The topological polar surface area (TPSA) is 17.1 Å². The normalized spacial score (nSPS) is 7.38. The number of rotatable bonds is 1. The first-order valence-corrected chi connectivity index (χ1v) is 2.53. The van der Waals surface area contributed by atoms with E-state index in [1.807, 2.05) is 13.8 Å². The van der Waals surface area contributed by atoms with Gasteiger partial charge in [-0.2, -0.15) is 0 Å². The van der Waals surface area contributed by atoms with Crippen LogP contribution in [-0.2, 0) is 4.79 Å². The molecule has 0 spiro atoms. The summed E-state index contributed by atoms with van der Waals surface area (Å²) < 4.78 is 0. The molecule has 0 N–H and O–H groups in total. The van der Waals surface area contributed by atoms with Crippen LogP contribution in [0.2, 0.25) is 0 Å². The molecule has 0 aromatic rings. The van der Waals surface area contributed by atoms with Crippen LogP contribution < -0.4 is 0 Å². The van der Waals surface area contributed by atoms with Gasteiger partial charge in [0.25, 0.3) is 0 Å². The Morgan fingerprint density at radius 2 is 1.88 bits per heavy atom. The molecular formula is C7H10O. The average molecular weight is 110 g/mol. The molecule has 0 aliphatic rings. The lowest BCUT2D eigenvalue weighted by Crippen LogP contribution is -1.76. The molecule has 1 nitrogen and oxygen atoms in total. The van der Waals surface area contributed by atoms with Crippen LogP contribution in [0.15, 0.2) is 17.4 Å². The van der Waals surface area contributed by atoms with Gasteiger partial charge in [-0.1, -0.05) is 0 Å². The zero-order valence-electron chi connectivity index (χ0n) is 5.49. The van der Waals surface area contributed by atoms with E-state index in [2.05, 4.69) is 5.73 Å². The summed E-state index contributed by atoms with van der Waals surface area (Å²) >= 11 is 0. The van der Waals surface area contributed by atoms with Crippen molar-refractivity contribution in [3.05, 3.63) is 17.4 Å². The summed E-state index contributed by atoms with van der Waals surface area (Å²) in [6.45, 7) is 5.31. The van der Waals surface area contributed by atoms with Crippen molar-refractivity contribution in [2.45, 2.75) is 20.8 Å². The molecule has 0 rings (SSSR count). The third-order valence-electron chi connectivity index (χ3n) is 0.564. The molecule has 0 aromatic heterocycles. The lowest BCUT2D eigenvalue weighted by atomic mass is 10.3. The summed E-state index contributed by atoms with van der Waals surface area (Å²) in [6, 6.07) is 0. The van der Waals surface area contributed by atoms with Crippen molar-refractivity contribution in [1.82, 2.24) is 0 Å². The molecule has 0 bridgehead atoms. The minimum Gasteiger partial charge on any atom is -0.294 e. The fourth-order valence-corrected chi connectivity index (χ4v) is 0.246. The van der Waals surface area contributed by atoms with Crippen LogP contribution in [0.5, 0.6) is 0 Å². The summed E-state index contributed by atoms with van der Waals surface area (Å²) in [7, 11) is 0. The second kappa shape index (κ2) is 3.23. The fraction of sp³-hybridized carbons (Fsp3) is 0.429. The van der Waals surface area contributed by atoms with E-state index in [9.17, 15) is 4.79 Å². The van der Waals surface area contributed by atoms with E-state index in [1.54, 1.807) is 0 Å². The van der Waals surface area contributed by atoms with E-state index in [0.29, 0.717) is 0 Å². The van der Waals surface area contributed by atoms with Crippen LogP contribution in [0.25, 0.3) is 0 Å². The molecule has 0 saturated heterocycles. The van der Waals surface area contributed by atoms with Gasteiger partial charge in [-0.05, 0) is 26.3 Å². The van der Waals surface area contributed by atoms with Crippen LogP contribution in [0.3, 0.4) is 0 Å². The van der Waals surface area contributed by atoms with E-state index in [-0.39, 0.29) is 5.78 Å². The Bertz CT molecular complexity index is 144. The average Bonchev–Trinajstić information content (AvgIpc) is 1.61. The van der Waals surface area contributed by atoms with Gasteiger partial charge in [0, 0.05) is 6.08 Å². The molecule has 0 atom stereocenters. The molecule has 0 aliphatic heterocycles. The molecule has 0 aromatic carbocycles. The number of carbonyl (C=O) groups excluding carboxylic acids is 1. The summed E-state index contributed by atoms with van der Waals surface area (Å²) in [6.07, 6.45) is 1.44. The zero-order valence-corrected chi connectivity index (χ0v) is 5.49. The summed E-state index contributed by atoms with van der Waals surface area (Å²) in [5.74, 6) is 0.0474. The van der Waals surface area contributed by atoms with Crippen LogP contribution in [0.1, 0.15) is 20.8 Å². The highest BCUT2D eigenvalue weighted by atomic mass is 16.1. The maximum absolute atomic E-state index is 10.2. The molecule has 0 amide bonds. The smallest absolute Gasteiger partial charge is 0.160 e. The van der Waals surface area contributed by atoms with E-state index in [4.69, 9.17) is 0 Å². The maximum atomic E-state index is 10.2. The Morgan fingerprint density at radius 1 is 1.38 bits per heavy atom. The standard InChI is InChI=1S/C7H10O/c1-6(2)4-5-7(3)8/h5H,1-3H3. The summed E-state index contributed by atoms with van der Waals surface area (Å²) in [4.78, 5) is 10.2. The monoisotopic (exact) mass is 110 g/mol. The van der Waals surface area contributed by atoms with Crippen molar-refractivity contribution in [3.8, 4) is 0 Å². The van der Waals surface area contributed by atoms with Crippen molar-refractivity contribution >= 4 is 5.78 Å². The van der Waals surface area contributed by atoms with E-state index in [0.717, 1.165) is 5.57 Å². The van der Waals surface area contributed by atoms with E-state index in [1.165, 1.54) is 13.0 Å². The minimum atomic E-state index is 0.0474. The lowest BCUT2D eigenvalue weighted by Gasteiger charge is -1.74. The van der Waals surface area contributed by atoms with Crippen LogP contribution >= 0.6 is 0 Å². The lowest BCUT2D eigenvalue weighted by molar-refractivity contribution is -0.112. The van der Waals surface area contributed by atoms with Gasteiger partial charge in [-0.3, -0.25) is 4.79 Å². The molecule has 0 radical (unpaired) electrons. The first-order valence-electron chi connectivity index (χ1n) is 2.53. The fourth-order valence-electron chi connectivity index (χ4n) is 0.246. The van der Waals surface area contributed by atoms with Crippen LogP contribution in [0, 0.1) is 0 Å². The predicted octanol–water partition coefficient (Wildman–Crippen LogP) is 1.70. The zero-order chi connectivity index (χ0) is 6.57. The van der Waals surface area contributed by atoms with Gasteiger partial charge in [-0.25, -0.2) is 0 Å². The number of hydrogen-bond donors (Lipinski definition) is 0. The maximum Gasteiger partial charge on any atom is 0.160 e. The Hall–Kier alpha value is -0.810. The quantitative estimate of drug-likeness (QED) is 0.371. The first kappa shape index (κ1) is 7.19. The van der Waals surface area contributed by atoms with Gasteiger partial charge in [0.2, 0.25) is 0 Å². The Morgan fingerprint density at radius 3 is 2.00 bits per heavy atom. The summed E-state index contributed by atoms with van der Waals surface area (Å²) in [5.41, 5.74) is 3.82. The number of allylic oxidation sites excluding steroid dienone is 1. The van der Waals surface area contributed by atoms with Crippen molar-refractivity contribution in [2.24, 2.45) is 0 Å². The van der Waals surface area contributed by atoms with Crippen molar-refractivity contribution in [3.63, 3.8) is 0 Å². The second-order valence-corrected chi connectivity index (χ2v) is 1.90. The van der Waals surface area contributed by atoms with Gasteiger partial charge in [0.05, 0.1) is 0 Å². The third-order valence-corrected chi connectivity index (χ3v) is 0.564. The number of ketones is 1. The SMILES string of the molecule is CC(=O)C=C=C(C)C. The largest absolute Gasteiger partial charge is 0.294 e. The third kappa shape index (κ3) is 5.19. The highest BCUT2D eigenvalue weighted by Gasteiger charge is 1.76. The Balaban J connectivity index is 4.03. The number of hydrogen-bond acceptors (Lipinski definition) is 1. The first-order chi connectivity index (χ1) is 3.63. The van der Waals surface area contributed by atoms with E-state index < -0.39 is 0 Å². The van der Waals surface area contributed by atoms with Crippen LogP contribution in [0.4, 0.5) is 0 Å². The highest BCUT2D eigenvalue weighted by molar-refractivity contribution is 5.86. The van der Waals surface area contributed by atoms with Gasteiger partial charge in [-0.15, -0.1) is 5.73 Å². The Labute approximate surface area is 49.7 Å².